The van der Waals surface area contributed by atoms with Crippen molar-refractivity contribution in [2.75, 3.05) is 11.0 Å². The Balaban J connectivity index is 3.01. The van der Waals surface area contributed by atoms with E-state index >= 15 is 0 Å². The van der Waals surface area contributed by atoms with Crippen LogP contribution in [0.15, 0.2) is 12.2 Å². The number of esters is 1. The van der Waals surface area contributed by atoms with E-state index in [1.54, 1.807) is 0 Å². The van der Waals surface area contributed by atoms with Gasteiger partial charge >= 0.3 is 5.97 Å². The Hall–Kier alpha value is -0.0600. The summed E-state index contributed by atoms with van der Waals surface area (Å²) in [5, 5.41) is 0. The van der Waals surface area contributed by atoms with E-state index in [9.17, 15) is 4.79 Å². The van der Waals surface area contributed by atoms with Crippen LogP contribution in [0.5, 0.6) is 0 Å². The van der Waals surface area contributed by atoms with Gasteiger partial charge in [0.2, 0.25) is 0 Å². The van der Waals surface area contributed by atoms with Crippen LogP contribution >= 0.6 is 22.6 Å². The molecule has 0 radical (unpaired) electrons. The van der Waals surface area contributed by atoms with Crippen LogP contribution in [0.2, 0.25) is 0 Å². The van der Waals surface area contributed by atoms with Gasteiger partial charge in [0.15, 0.2) is 0 Å². The molecule has 2 nitrogen and oxygen atoms in total. The van der Waals surface area contributed by atoms with E-state index in [1.807, 2.05) is 0 Å². The first kappa shape index (κ1) is 21.9. The van der Waals surface area contributed by atoms with E-state index in [2.05, 4.69) is 34.7 Å². The number of alkyl halides is 1. The van der Waals surface area contributed by atoms with Crippen LogP contribution in [-0.4, -0.2) is 17.0 Å². The van der Waals surface area contributed by atoms with Crippen LogP contribution in [0.4, 0.5) is 0 Å². The van der Waals surface area contributed by atoms with Crippen molar-refractivity contribution in [2.45, 2.75) is 90.4 Å². The third-order valence-corrected chi connectivity index (χ3v) is 4.39. The van der Waals surface area contributed by atoms with Crippen LogP contribution in [-0.2, 0) is 9.53 Å². The summed E-state index contributed by atoms with van der Waals surface area (Å²) in [6, 6.07) is 0. The van der Waals surface area contributed by atoms with Crippen LogP contribution < -0.4 is 0 Å². The Morgan fingerprint density at radius 3 is 1.73 bits per heavy atom. The Morgan fingerprint density at radius 1 is 0.773 bits per heavy atom. The maximum Gasteiger partial charge on any atom is 0.302 e. The SMILES string of the molecule is CC(=O)OCCCCCCCCCCCCC/C=C\CCI. The lowest BCUT2D eigenvalue weighted by Crippen LogP contribution is -2.00. The average molecular weight is 422 g/mol. The predicted octanol–water partition coefficient (Wildman–Crippen LogP) is 6.61. The quantitative estimate of drug-likeness (QED) is 0.0920. The monoisotopic (exact) mass is 422 g/mol. The van der Waals surface area contributed by atoms with E-state index in [-0.39, 0.29) is 5.97 Å². The van der Waals surface area contributed by atoms with Crippen LogP contribution in [0, 0.1) is 0 Å². The number of allylic oxidation sites excluding steroid dienone is 2. The molecule has 0 fully saturated rings. The normalized spacial score (nSPS) is 11.2. The van der Waals surface area contributed by atoms with Crippen molar-refractivity contribution in [3.63, 3.8) is 0 Å². The highest BCUT2D eigenvalue weighted by molar-refractivity contribution is 14.1. The van der Waals surface area contributed by atoms with Crippen molar-refractivity contribution < 1.29 is 9.53 Å². The van der Waals surface area contributed by atoms with E-state index in [0.29, 0.717) is 6.61 Å². The van der Waals surface area contributed by atoms with Gasteiger partial charge in [-0.15, -0.1) is 0 Å². The second-order valence-corrected chi connectivity index (χ2v) is 7.05. The fraction of sp³-hybridized carbons (Fsp3) is 0.842. The third-order valence-electron chi connectivity index (χ3n) is 3.76. The molecule has 0 aliphatic rings. The standard InChI is InChI=1S/C19H35IO2/c1-19(21)22-18-16-14-12-10-8-6-4-2-3-5-7-9-11-13-15-17-20/h11,13H,2-10,12,14-18H2,1H3/b13-11-. The molecule has 22 heavy (non-hydrogen) atoms. The van der Waals surface area contributed by atoms with Gasteiger partial charge in [0.25, 0.3) is 0 Å². The van der Waals surface area contributed by atoms with Gasteiger partial charge in [-0.2, -0.15) is 0 Å². The number of unbranched alkanes of at least 4 members (excludes halogenated alkanes) is 11. The summed E-state index contributed by atoms with van der Waals surface area (Å²) in [6.07, 6.45) is 21.7. The molecule has 0 aliphatic heterocycles. The number of carbonyl (C=O) groups is 1. The maximum absolute atomic E-state index is 10.6. The Kier molecular flexibility index (Phi) is 18.9. The first-order valence-electron chi connectivity index (χ1n) is 9.11. The van der Waals surface area contributed by atoms with Crippen molar-refractivity contribution in [1.82, 2.24) is 0 Å². The lowest BCUT2D eigenvalue weighted by atomic mass is 10.1. The summed E-state index contributed by atoms with van der Waals surface area (Å²) in [4.78, 5) is 10.6. The molecular weight excluding hydrogens is 387 g/mol. The highest BCUT2D eigenvalue weighted by Crippen LogP contribution is 2.12. The van der Waals surface area contributed by atoms with Crippen LogP contribution in [0.3, 0.4) is 0 Å². The molecule has 0 N–H and O–H groups in total. The predicted molar refractivity (Wildman–Crippen MR) is 105 cm³/mol. The van der Waals surface area contributed by atoms with Crippen molar-refractivity contribution in [1.29, 1.82) is 0 Å². The molecule has 0 aliphatic carbocycles. The molecule has 0 aromatic carbocycles. The van der Waals surface area contributed by atoms with Gasteiger partial charge in [-0.05, 0) is 25.7 Å². The lowest BCUT2D eigenvalue weighted by molar-refractivity contribution is -0.141. The van der Waals surface area contributed by atoms with Gasteiger partial charge in [-0.25, -0.2) is 0 Å². The molecule has 0 heterocycles. The molecule has 0 spiro atoms. The largest absolute Gasteiger partial charge is 0.466 e. The third kappa shape index (κ3) is 19.9. The number of hydrogen-bond donors (Lipinski definition) is 0. The first-order chi connectivity index (χ1) is 10.8. The fourth-order valence-corrected chi connectivity index (χ4v) is 2.83. The second kappa shape index (κ2) is 19.0. The number of hydrogen-bond acceptors (Lipinski definition) is 2. The molecule has 3 heteroatoms. The zero-order chi connectivity index (χ0) is 16.3. The molecule has 0 rings (SSSR count). The fourth-order valence-electron chi connectivity index (χ4n) is 2.47. The summed E-state index contributed by atoms with van der Waals surface area (Å²) in [5.74, 6) is -0.156. The van der Waals surface area contributed by atoms with Crippen LogP contribution in [0.25, 0.3) is 0 Å². The smallest absolute Gasteiger partial charge is 0.302 e. The van der Waals surface area contributed by atoms with E-state index in [0.717, 1.165) is 6.42 Å². The summed E-state index contributed by atoms with van der Waals surface area (Å²) in [7, 11) is 0. The number of carbonyl (C=O) groups excluding carboxylic acids is 1. The van der Waals surface area contributed by atoms with Crippen LogP contribution in [0.1, 0.15) is 90.4 Å². The van der Waals surface area contributed by atoms with Gasteiger partial charge in [-0.3, -0.25) is 4.79 Å². The van der Waals surface area contributed by atoms with Gasteiger partial charge in [0.1, 0.15) is 0 Å². The average Bonchev–Trinajstić information content (AvgIpc) is 2.50. The van der Waals surface area contributed by atoms with Crippen molar-refractivity contribution in [3.8, 4) is 0 Å². The summed E-state index contributed by atoms with van der Waals surface area (Å²) >= 11 is 2.42. The number of halogens is 1. The molecule has 130 valence electrons. The Morgan fingerprint density at radius 2 is 1.23 bits per heavy atom. The Bertz CT molecular complexity index is 264. The van der Waals surface area contributed by atoms with Gasteiger partial charge in [0.05, 0.1) is 6.61 Å². The zero-order valence-electron chi connectivity index (χ0n) is 14.5. The minimum atomic E-state index is -0.156. The molecule has 0 atom stereocenters. The summed E-state index contributed by atoms with van der Waals surface area (Å²) < 4.78 is 6.15. The molecule has 0 aromatic heterocycles. The Labute approximate surface area is 151 Å². The summed E-state index contributed by atoms with van der Waals surface area (Å²) in [5.41, 5.74) is 0. The van der Waals surface area contributed by atoms with Crippen molar-refractivity contribution >= 4 is 28.6 Å². The molecule has 0 saturated heterocycles. The molecule has 0 bridgehead atoms. The van der Waals surface area contributed by atoms with Crippen molar-refractivity contribution in [2.24, 2.45) is 0 Å². The molecule has 0 amide bonds. The maximum atomic E-state index is 10.6. The van der Waals surface area contributed by atoms with Gasteiger partial charge in [-0.1, -0.05) is 92.5 Å². The minimum absolute atomic E-state index is 0.156. The summed E-state index contributed by atoms with van der Waals surface area (Å²) in [6.45, 7) is 2.07. The highest BCUT2D eigenvalue weighted by atomic mass is 127. The van der Waals surface area contributed by atoms with E-state index in [4.69, 9.17) is 4.74 Å². The number of rotatable bonds is 16. The van der Waals surface area contributed by atoms with E-state index in [1.165, 1.54) is 88.4 Å². The zero-order valence-corrected chi connectivity index (χ0v) is 16.6. The van der Waals surface area contributed by atoms with Crippen molar-refractivity contribution in [3.05, 3.63) is 12.2 Å². The minimum Gasteiger partial charge on any atom is -0.466 e. The molecule has 0 aromatic rings. The molecule has 0 saturated carbocycles. The lowest BCUT2D eigenvalue weighted by Gasteiger charge is -2.03. The number of ether oxygens (including phenoxy) is 1. The second-order valence-electron chi connectivity index (χ2n) is 5.97. The van der Waals surface area contributed by atoms with E-state index < -0.39 is 0 Å². The first-order valence-corrected chi connectivity index (χ1v) is 10.6. The van der Waals surface area contributed by atoms with Gasteiger partial charge in [0, 0.05) is 11.4 Å². The molecule has 0 unspecified atom stereocenters. The molecular formula is C19H35IO2. The topological polar surface area (TPSA) is 26.3 Å². The van der Waals surface area contributed by atoms with Gasteiger partial charge < -0.3 is 4.74 Å². The highest BCUT2D eigenvalue weighted by Gasteiger charge is 1.95.